The number of pyridine rings is 1. The quantitative estimate of drug-likeness (QED) is 0.0996. The Morgan fingerprint density at radius 2 is 0.370 bits per heavy atom. The number of aromatic nitrogens is 8. The van der Waals surface area contributed by atoms with Gasteiger partial charge in [0.2, 0.25) is 0 Å². The highest BCUT2D eigenvalue weighted by atomic mass is 16.3. The van der Waals surface area contributed by atoms with Crippen molar-refractivity contribution < 1.29 is 13.3 Å². The Labute approximate surface area is 794 Å². The van der Waals surface area contributed by atoms with E-state index in [9.17, 15) is 0 Å². The molecule has 27 rings (SSSR count). The number of benzene rings is 18. The van der Waals surface area contributed by atoms with Crippen LogP contribution >= 0.6 is 0 Å². The monoisotopic (exact) mass is 1770 g/mol. The van der Waals surface area contributed by atoms with Crippen LogP contribution in [0.2, 0.25) is 0 Å². The molecule has 0 saturated heterocycles. The summed E-state index contributed by atoms with van der Waals surface area (Å²) in [5.41, 5.74) is 36.0. The van der Waals surface area contributed by atoms with Gasteiger partial charge in [0.05, 0.1) is 102 Å². The summed E-state index contributed by atoms with van der Waals surface area (Å²) in [6.07, 6.45) is 5.30. The standard InChI is InChI=1S/C43H28N2O.2C42H27N3O/c1-3-9-29(10-4-1)30-15-17-31(18-16-30)35-27-38(32-11-5-2-6-12-32)44-39(28-35)33-19-22-36(23-20-33)45-40-14-8-7-13-37(40)42-41(45)24-21-34-25-26-46-43(34)42;1-3-9-28(10-4-1)29-15-17-30(18-16-29)36-27-37(44-42(43-36)33-11-5-2-6-12-33)31-19-22-34(23-20-31)45-38-14-8-7-13-35(38)40-39(45)24-21-32-25-26-46-41(32)40;1-3-9-28(10-4-1)29-15-17-31(18-16-29)37-27-36(30-11-5-2-6-12-30)43-42(44-37)33-19-22-34(23-20-33)45-38-14-8-7-13-35(38)40-39(45)24-21-32-25-26-46-41(32)40/h1-28H;2*1-27H. The van der Waals surface area contributed by atoms with Crippen molar-refractivity contribution in [3.8, 4) is 152 Å². The largest absolute Gasteiger partial charge is 0.464 e. The Balaban J connectivity index is 0.000000110. The second kappa shape index (κ2) is 35.1. The molecule has 0 aliphatic rings. The van der Waals surface area contributed by atoms with Gasteiger partial charge in [-0.15, -0.1) is 0 Å². The van der Waals surface area contributed by atoms with Crippen molar-refractivity contribution in [1.29, 1.82) is 0 Å². The molecule has 0 aliphatic heterocycles. The summed E-state index contributed by atoms with van der Waals surface area (Å²) >= 11 is 0. The van der Waals surface area contributed by atoms with E-state index in [0.29, 0.717) is 11.6 Å². The van der Waals surface area contributed by atoms with E-state index in [1.807, 2.05) is 72.8 Å². The molecule has 0 unspecified atom stereocenters. The highest BCUT2D eigenvalue weighted by Gasteiger charge is 2.23. The van der Waals surface area contributed by atoms with Gasteiger partial charge in [0, 0.05) is 93.9 Å². The highest BCUT2D eigenvalue weighted by Crippen LogP contribution is 2.44. The molecular weight excluding hydrogens is 1690 g/mol. The molecule has 648 valence electrons. The van der Waals surface area contributed by atoms with E-state index in [-0.39, 0.29) is 0 Å². The SMILES string of the molecule is c1ccc(-c2ccc(-c3cc(-c4ccc(-n5c6ccccc6c6c7occc7ccc65)cc4)nc(-c4ccccc4)n3)cc2)cc1.c1ccc(-c2ccc(-c3cc(-c4ccccc4)nc(-c4ccc(-n5c6ccccc6c6c7occc7ccc65)cc4)c3)cc2)cc1.c1ccc(-c2ccc(-c3cc(-c4ccccc4)nc(-c4ccc(-n5c6ccccc6c6c7occc7ccc65)cc4)n3)cc2)cc1. The molecule has 0 spiro atoms. The molecule has 9 heterocycles. The zero-order valence-electron chi connectivity index (χ0n) is 74.6. The third-order valence-electron chi connectivity index (χ3n) is 26.3. The number of nitrogens with zero attached hydrogens (tertiary/aromatic N) is 8. The van der Waals surface area contributed by atoms with E-state index in [0.717, 1.165) is 189 Å². The average Bonchev–Trinajstić information content (AvgIpc) is 1.58. The Kier molecular flexibility index (Phi) is 20.7. The first kappa shape index (κ1) is 81.3. The normalized spacial score (nSPS) is 11.5. The van der Waals surface area contributed by atoms with Crippen molar-refractivity contribution in [2.75, 3.05) is 0 Å². The lowest BCUT2D eigenvalue weighted by Crippen LogP contribution is -1.97. The first-order valence-corrected chi connectivity index (χ1v) is 46.3. The van der Waals surface area contributed by atoms with Gasteiger partial charge < -0.3 is 27.0 Å². The maximum Gasteiger partial charge on any atom is 0.160 e. The van der Waals surface area contributed by atoms with Crippen molar-refractivity contribution in [3.63, 3.8) is 0 Å². The Morgan fingerprint density at radius 1 is 0.152 bits per heavy atom. The summed E-state index contributed by atoms with van der Waals surface area (Å²) in [6.45, 7) is 0. The molecule has 0 fully saturated rings. The van der Waals surface area contributed by atoms with E-state index in [2.05, 4.69) is 420 Å². The van der Waals surface area contributed by atoms with Gasteiger partial charge in [-0.05, 0) is 190 Å². The van der Waals surface area contributed by atoms with Gasteiger partial charge in [0.15, 0.2) is 11.6 Å². The third-order valence-corrected chi connectivity index (χ3v) is 26.3. The molecule has 0 N–H and O–H groups in total. The zero-order valence-corrected chi connectivity index (χ0v) is 74.6. The third kappa shape index (κ3) is 15.2. The molecule has 27 aromatic rings. The van der Waals surface area contributed by atoms with Crippen molar-refractivity contribution in [3.05, 3.63) is 498 Å². The Bertz CT molecular complexity index is 8320. The molecular formula is C127H82N8O3. The van der Waals surface area contributed by atoms with E-state index in [1.54, 1.807) is 18.8 Å². The van der Waals surface area contributed by atoms with Gasteiger partial charge in [-0.2, -0.15) is 0 Å². The molecule has 0 saturated carbocycles. The van der Waals surface area contributed by atoms with Crippen LogP contribution in [0.25, 0.3) is 250 Å². The predicted octanol–water partition coefficient (Wildman–Crippen LogP) is 33.6. The van der Waals surface area contributed by atoms with E-state index >= 15 is 0 Å². The smallest absolute Gasteiger partial charge is 0.160 e. The summed E-state index contributed by atoms with van der Waals surface area (Å²) in [5, 5.41) is 10.3. The average molecular weight is 1770 g/mol. The van der Waals surface area contributed by atoms with Crippen LogP contribution in [0.3, 0.4) is 0 Å². The number of para-hydroxylation sites is 3. The lowest BCUT2D eigenvalue weighted by molar-refractivity contribution is 0.619. The van der Waals surface area contributed by atoms with Crippen LogP contribution in [0.4, 0.5) is 0 Å². The molecule has 0 atom stereocenters. The maximum absolute atomic E-state index is 5.97. The molecule has 18 aromatic carbocycles. The number of furan rings is 3. The second-order valence-corrected chi connectivity index (χ2v) is 34.6. The number of hydrogen-bond acceptors (Lipinski definition) is 8. The van der Waals surface area contributed by atoms with Gasteiger partial charge in [0.25, 0.3) is 0 Å². The van der Waals surface area contributed by atoms with Gasteiger partial charge in [-0.3, -0.25) is 0 Å². The summed E-state index contributed by atoms with van der Waals surface area (Å²) in [4.78, 5) is 25.4. The summed E-state index contributed by atoms with van der Waals surface area (Å²) < 4.78 is 24.8. The van der Waals surface area contributed by atoms with Gasteiger partial charge in [0.1, 0.15) is 16.7 Å². The van der Waals surface area contributed by atoms with E-state index < -0.39 is 0 Å². The van der Waals surface area contributed by atoms with Crippen LogP contribution in [0.1, 0.15) is 0 Å². The summed E-state index contributed by atoms with van der Waals surface area (Å²) in [6, 6.07) is 167. The molecule has 0 radical (unpaired) electrons. The highest BCUT2D eigenvalue weighted by molar-refractivity contribution is 6.22. The van der Waals surface area contributed by atoms with E-state index in [1.165, 1.54) is 49.5 Å². The molecule has 11 nitrogen and oxygen atoms in total. The molecule has 0 aliphatic carbocycles. The molecule has 9 aromatic heterocycles. The fourth-order valence-electron chi connectivity index (χ4n) is 19.5. The van der Waals surface area contributed by atoms with Crippen LogP contribution in [0.5, 0.6) is 0 Å². The van der Waals surface area contributed by atoms with Crippen molar-refractivity contribution in [1.82, 2.24) is 38.6 Å². The van der Waals surface area contributed by atoms with Crippen molar-refractivity contribution in [2.45, 2.75) is 0 Å². The molecule has 0 amide bonds. The van der Waals surface area contributed by atoms with Crippen molar-refractivity contribution >= 4 is 98.3 Å². The first-order chi connectivity index (χ1) is 68.4. The van der Waals surface area contributed by atoms with Crippen LogP contribution in [-0.4, -0.2) is 38.6 Å². The summed E-state index contributed by atoms with van der Waals surface area (Å²) in [7, 11) is 0. The minimum atomic E-state index is 0.689. The Hall–Kier alpha value is -18.7. The minimum absolute atomic E-state index is 0.689. The van der Waals surface area contributed by atoms with Crippen LogP contribution in [0.15, 0.2) is 511 Å². The minimum Gasteiger partial charge on any atom is -0.464 e. The fraction of sp³-hybridized carbons (Fsp3) is 0. The molecule has 0 bridgehead atoms. The van der Waals surface area contributed by atoms with Crippen LogP contribution < -0.4 is 0 Å². The number of fused-ring (bicyclic) bond motifs is 15. The Morgan fingerprint density at radius 3 is 0.674 bits per heavy atom. The maximum atomic E-state index is 5.97. The molecule has 11 heteroatoms. The lowest BCUT2D eigenvalue weighted by atomic mass is 9.97. The topological polar surface area (TPSA) is 119 Å². The van der Waals surface area contributed by atoms with Gasteiger partial charge in [-0.25, -0.2) is 24.9 Å². The van der Waals surface area contributed by atoms with Crippen LogP contribution in [0, 0.1) is 0 Å². The van der Waals surface area contributed by atoms with Crippen molar-refractivity contribution in [2.24, 2.45) is 0 Å². The van der Waals surface area contributed by atoms with Crippen LogP contribution in [-0.2, 0) is 0 Å². The van der Waals surface area contributed by atoms with E-state index in [4.69, 9.17) is 38.2 Å². The summed E-state index contributed by atoms with van der Waals surface area (Å²) in [5.74, 6) is 1.39. The van der Waals surface area contributed by atoms with Gasteiger partial charge >= 0.3 is 0 Å². The zero-order chi connectivity index (χ0) is 91.4. The number of hydrogen-bond donors (Lipinski definition) is 0. The molecule has 138 heavy (non-hydrogen) atoms. The number of rotatable bonds is 15. The first-order valence-electron chi connectivity index (χ1n) is 46.3. The lowest BCUT2D eigenvalue weighted by Gasteiger charge is -2.12. The van der Waals surface area contributed by atoms with Gasteiger partial charge in [-0.1, -0.05) is 334 Å². The predicted molar refractivity (Wildman–Crippen MR) is 566 cm³/mol. The second-order valence-electron chi connectivity index (χ2n) is 34.6. The fourth-order valence-corrected chi connectivity index (χ4v) is 19.5.